The molecule has 0 bridgehead atoms. The second kappa shape index (κ2) is 8.68. The minimum absolute atomic E-state index is 0.145. The van der Waals surface area contributed by atoms with E-state index in [1.54, 1.807) is 36.7 Å². The van der Waals surface area contributed by atoms with Gasteiger partial charge in [0.2, 0.25) is 5.91 Å². The number of carbonyl (C=O) groups excluding carboxylic acids is 1. The van der Waals surface area contributed by atoms with Gasteiger partial charge in [-0.25, -0.2) is 9.37 Å². The van der Waals surface area contributed by atoms with Crippen molar-refractivity contribution in [2.24, 2.45) is 0 Å². The van der Waals surface area contributed by atoms with E-state index in [2.05, 4.69) is 10.3 Å². The number of hydrogen-bond donors (Lipinski definition) is 2. The zero-order chi connectivity index (χ0) is 18.4. The van der Waals surface area contributed by atoms with Crippen LogP contribution in [0, 0.1) is 5.82 Å². The second-order valence-electron chi connectivity index (χ2n) is 5.57. The summed E-state index contributed by atoms with van der Waals surface area (Å²) >= 11 is 1.27. The van der Waals surface area contributed by atoms with Crippen molar-refractivity contribution in [3.05, 3.63) is 71.7 Å². The van der Waals surface area contributed by atoms with Crippen molar-refractivity contribution < 1.29 is 18.7 Å². The maximum Gasteiger partial charge on any atom is 0.230 e. The van der Waals surface area contributed by atoms with E-state index in [1.165, 1.54) is 23.9 Å². The van der Waals surface area contributed by atoms with E-state index in [0.29, 0.717) is 29.7 Å². The number of aliphatic hydroxyl groups is 1. The first-order valence-corrected chi connectivity index (χ1v) is 8.96. The van der Waals surface area contributed by atoms with Crippen molar-refractivity contribution in [2.75, 3.05) is 5.75 Å². The molecule has 1 aromatic carbocycles. The molecule has 0 saturated heterocycles. The molecule has 8 heteroatoms. The average Bonchev–Trinajstić information content (AvgIpc) is 3.30. The zero-order valence-corrected chi connectivity index (χ0v) is 14.7. The molecule has 2 heterocycles. The third kappa shape index (κ3) is 4.96. The Balaban J connectivity index is 1.60. The molecule has 1 amide bonds. The van der Waals surface area contributed by atoms with Crippen molar-refractivity contribution >= 4 is 17.7 Å². The zero-order valence-electron chi connectivity index (χ0n) is 13.9. The minimum atomic E-state index is -0.293. The molecule has 3 rings (SSSR count). The van der Waals surface area contributed by atoms with E-state index in [9.17, 15) is 14.3 Å². The number of amides is 1. The van der Waals surface area contributed by atoms with Gasteiger partial charge >= 0.3 is 0 Å². The van der Waals surface area contributed by atoms with Gasteiger partial charge < -0.3 is 19.4 Å². The van der Waals surface area contributed by atoms with Gasteiger partial charge in [0.15, 0.2) is 5.16 Å². The molecule has 0 aliphatic carbocycles. The standard InChI is InChI=1S/C18H18FN3O3S/c19-14-5-3-13(4-6-14)9-22-10-15(11-23)21-18(22)26-12-17(24)20-8-16-2-1-7-25-16/h1-7,10,23H,8-9,11-12H2,(H,20,24). The molecular weight excluding hydrogens is 357 g/mol. The van der Waals surface area contributed by atoms with Crippen LogP contribution < -0.4 is 5.32 Å². The number of rotatable bonds is 8. The number of halogens is 1. The van der Waals surface area contributed by atoms with Crippen LogP contribution in [0.2, 0.25) is 0 Å². The van der Waals surface area contributed by atoms with Crippen LogP contribution in [-0.2, 0) is 24.5 Å². The van der Waals surface area contributed by atoms with Crippen LogP contribution in [0.3, 0.4) is 0 Å². The molecule has 0 spiro atoms. The monoisotopic (exact) mass is 375 g/mol. The van der Waals surface area contributed by atoms with Gasteiger partial charge in [0, 0.05) is 12.7 Å². The van der Waals surface area contributed by atoms with Crippen LogP contribution in [0.5, 0.6) is 0 Å². The summed E-state index contributed by atoms with van der Waals surface area (Å²) in [5, 5.41) is 12.7. The van der Waals surface area contributed by atoms with E-state index in [0.717, 1.165) is 5.56 Å². The predicted molar refractivity (Wildman–Crippen MR) is 94.9 cm³/mol. The molecule has 6 nitrogen and oxygen atoms in total. The van der Waals surface area contributed by atoms with E-state index < -0.39 is 0 Å². The lowest BCUT2D eigenvalue weighted by Crippen LogP contribution is -2.24. The Labute approximate surface area is 154 Å². The van der Waals surface area contributed by atoms with Crippen molar-refractivity contribution in [1.82, 2.24) is 14.9 Å². The summed E-state index contributed by atoms with van der Waals surface area (Å²) < 4.78 is 20.0. The van der Waals surface area contributed by atoms with Crippen molar-refractivity contribution in [3.8, 4) is 0 Å². The summed E-state index contributed by atoms with van der Waals surface area (Å²) in [6, 6.07) is 9.73. The highest BCUT2D eigenvalue weighted by Gasteiger charge is 2.12. The van der Waals surface area contributed by atoms with Gasteiger partial charge in [0.25, 0.3) is 0 Å². The van der Waals surface area contributed by atoms with Crippen LogP contribution >= 0.6 is 11.8 Å². The summed E-state index contributed by atoms with van der Waals surface area (Å²) in [6.07, 6.45) is 3.28. The van der Waals surface area contributed by atoms with Gasteiger partial charge in [-0.3, -0.25) is 4.79 Å². The smallest absolute Gasteiger partial charge is 0.230 e. The number of aromatic nitrogens is 2. The number of hydrogen-bond acceptors (Lipinski definition) is 5. The Morgan fingerprint density at radius 2 is 2.12 bits per heavy atom. The summed E-state index contributed by atoms with van der Waals surface area (Å²) in [7, 11) is 0. The van der Waals surface area contributed by atoms with Crippen LogP contribution in [0.4, 0.5) is 4.39 Å². The van der Waals surface area contributed by atoms with Gasteiger partial charge in [0.05, 0.1) is 30.9 Å². The fourth-order valence-electron chi connectivity index (χ4n) is 2.32. The lowest BCUT2D eigenvalue weighted by molar-refractivity contribution is -0.118. The average molecular weight is 375 g/mol. The number of furan rings is 1. The molecule has 0 radical (unpaired) electrons. The molecule has 2 aromatic heterocycles. The number of imidazole rings is 1. The normalized spacial score (nSPS) is 10.8. The fraction of sp³-hybridized carbons (Fsp3) is 0.222. The van der Waals surface area contributed by atoms with Gasteiger partial charge in [-0.05, 0) is 29.8 Å². The minimum Gasteiger partial charge on any atom is -0.467 e. The molecule has 0 aliphatic heterocycles. The third-order valence-corrected chi connectivity index (χ3v) is 4.58. The topological polar surface area (TPSA) is 80.3 Å². The molecule has 0 unspecified atom stereocenters. The summed E-state index contributed by atoms with van der Waals surface area (Å²) in [5.74, 6) is 0.432. The molecule has 136 valence electrons. The van der Waals surface area contributed by atoms with Crippen molar-refractivity contribution in [2.45, 2.75) is 24.9 Å². The van der Waals surface area contributed by atoms with Gasteiger partial charge in [-0.1, -0.05) is 23.9 Å². The van der Waals surface area contributed by atoms with Gasteiger partial charge in [-0.2, -0.15) is 0 Å². The third-order valence-electron chi connectivity index (χ3n) is 3.59. The largest absolute Gasteiger partial charge is 0.467 e. The molecule has 26 heavy (non-hydrogen) atoms. The molecular formula is C18H18FN3O3S. The first-order chi connectivity index (χ1) is 12.6. The molecule has 0 aliphatic rings. The van der Waals surface area contributed by atoms with E-state index in [-0.39, 0.29) is 24.1 Å². The number of nitrogens with zero attached hydrogens (tertiary/aromatic N) is 2. The SMILES string of the molecule is O=C(CSc1nc(CO)cn1Cc1ccc(F)cc1)NCc1ccco1. The highest BCUT2D eigenvalue weighted by atomic mass is 32.2. The summed E-state index contributed by atoms with van der Waals surface area (Å²) in [6.45, 7) is 0.622. The first-order valence-electron chi connectivity index (χ1n) is 7.97. The molecule has 2 N–H and O–H groups in total. The quantitative estimate of drug-likeness (QED) is 0.592. The highest BCUT2D eigenvalue weighted by molar-refractivity contribution is 7.99. The number of thioether (sulfide) groups is 1. The number of nitrogens with one attached hydrogen (secondary N) is 1. The number of aliphatic hydroxyl groups excluding tert-OH is 1. The lowest BCUT2D eigenvalue weighted by Gasteiger charge is -2.08. The highest BCUT2D eigenvalue weighted by Crippen LogP contribution is 2.19. The number of benzene rings is 1. The Kier molecular flexibility index (Phi) is 6.08. The molecule has 3 aromatic rings. The molecule has 0 fully saturated rings. The van der Waals surface area contributed by atoms with Crippen LogP contribution in [0.1, 0.15) is 17.0 Å². The number of carbonyl (C=O) groups is 1. The van der Waals surface area contributed by atoms with E-state index in [4.69, 9.17) is 4.42 Å². The molecule has 0 saturated carbocycles. The fourth-order valence-corrected chi connectivity index (χ4v) is 3.15. The van der Waals surface area contributed by atoms with Gasteiger partial charge in [0.1, 0.15) is 11.6 Å². The Morgan fingerprint density at radius 1 is 1.31 bits per heavy atom. The summed E-state index contributed by atoms with van der Waals surface area (Å²) in [4.78, 5) is 16.3. The van der Waals surface area contributed by atoms with Crippen LogP contribution in [0.25, 0.3) is 0 Å². The predicted octanol–water partition coefficient (Wildman–Crippen LogP) is 2.56. The van der Waals surface area contributed by atoms with E-state index in [1.807, 2.05) is 4.57 Å². The van der Waals surface area contributed by atoms with Gasteiger partial charge in [-0.15, -0.1) is 0 Å². The maximum atomic E-state index is 13.0. The van der Waals surface area contributed by atoms with Crippen LogP contribution in [0.15, 0.2) is 58.4 Å². The van der Waals surface area contributed by atoms with E-state index >= 15 is 0 Å². The lowest BCUT2D eigenvalue weighted by atomic mass is 10.2. The second-order valence-corrected chi connectivity index (χ2v) is 6.51. The Morgan fingerprint density at radius 3 is 2.81 bits per heavy atom. The van der Waals surface area contributed by atoms with Crippen molar-refractivity contribution in [3.63, 3.8) is 0 Å². The first kappa shape index (κ1) is 18.2. The Hall–Kier alpha value is -2.58. The van der Waals surface area contributed by atoms with Crippen LogP contribution in [-0.4, -0.2) is 26.3 Å². The Bertz CT molecular complexity index is 847. The molecule has 0 atom stereocenters. The van der Waals surface area contributed by atoms with Crippen molar-refractivity contribution in [1.29, 1.82) is 0 Å². The summed E-state index contributed by atoms with van der Waals surface area (Å²) in [5.41, 5.74) is 1.42. The maximum absolute atomic E-state index is 13.0.